The van der Waals surface area contributed by atoms with Crippen molar-refractivity contribution in [1.29, 1.82) is 0 Å². The Balaban J connectivity index is 1.74. The predicted octanol–water partition coefficient (Wildman–Crippen LogP) is 3.20. The zero-order chi connectivity index (χ0) is 19.9. The van der Waals surface area contributed by atoms with Gasteiger partial charge in [-0.05, 0) is 36.4 Å². The van der Waals surface area contributed by atoms with E-state index in [2.05, 4.69) is 22.4 Å². The highest BCUT2D eigenvalue weighted by molar-refractivity contribution is 7.09. The molecule has 0 N–H and O–H groups in total. The number of anilines is 1. The lowest BCUT2D eigenvalue weighted by atomic mass is 9.98. The number of para-hydroxylation sites is 1. The number of methoxy groups -OCH3 is 2. The fourth-order valence-corrected chi connectivity index (χ4v) is 4.46. The van der Waals surface area contributed by atoms with E-state index in [-0.39, 0.29) is 30.3 Å². The van der Waals surface area contributed by atoms with E-state index in [4.69, 9.17) is 9.47 Å². The van der Waals surface area contributed by atoms with Gasteiger partial charge in [-0.15, -0.1) is 11.3 Å². The number of nitrogens with zero attached hydrogens (tertiary/aromatic N) is 2. The van der Waals surface area contributed by atoms with E-state index in [1.807, 2.05) is 0 Å². The van der Waals surface area contributed by atoms with E-state index in [9.17, 15) is 9.18 Å². The first-order valence-corrected chi connectivity index (χ1v) is 10.3. The minimum absolute atomic E-state index is 0.0939. The van der Waals surface area contributed by atoms with Crippen molar-refractivity contribution in [2.75, 3.05) is 45.4 Å². The van der Waals surface area contributed by atoms with Crippen molar-refractivity contribution < 1.29 is 18.7 Å². The van der Waals surface area contributed by atoms with Crippen LogP contribution < -0.4 is 4.90 Å². The Hall–Kier alpha value is -1.80. The third-order valence-corrected chi connectivity index (χ3v) is 6.08. The molecule has 152 valence electrons. The summed E-state index contributed by atoms with van der Waals surface area (Å²) < 4.78 is 25.3. The van der Waals surface area contributed by atoms with Crippen LogP contribution in [0.3, 0.4) is 0 Å². The molecule has 2 heterocycles. The first-order chi connectivity index (χ1) is 13.6. The molecule has 7 heteroatoms. The number of thiophene rings is 1. The van der Waals surface area contributed by atoms with Crippen molar-refractivity contribution in [1.82, 2.24) is 4.90 Å². The summed E-state index contributed by atoms with van der Waals surface area (Å²) in [5.41, 5.74) is 0.281. The van der Waals surface area contributed by atoms with Crippen molar-refractivity contribution in [3.8, 4) is 0 Å². The van der Waals surface area contributed by atoms with Crippen molar-refractivity contribution >= 4 is 22.9 Å². The molecule has 1 aliphatic heterocycles. The molecule has 28 heavy (non-hydrogen) atoms. The Labute approximate surface area is 169 Å². The lowest BCUT2D eigenvalue weighted by molar-refractivity contribution is -0.124. The maximum absolute atomic E-state index is 14.5. The average molecular weight is 407 g/mol. The third kappa shape index (κ3) is 4.97. The van der Waals surface area contributed by atoms with Crippen LogP contribution in [0.15, 0.2) is 41.8 Å². The van der Waals surface area contributed by atoms with Gasteiger partial charge in [-0.2, -0.15) is 0 Å². The summed E-state index contributed by atoms with van der Waals surface area (Å²) in [7, 11) is 3.12. The van der Waals surface area contributed by atoms with Crippen LogP contribution in [0.25, 0.3) is 0 Å². The normalized spacial score (nSPS) is 20.2. The smallest absolute Gasteiger partial charge is 0.253 e. The van der Waals surface area contributed by atoms with Crippen LogP contribution in [0, 0.1) is 5.82 Å². The Kier molecular flexibility index (Phi) is 7.56. The second-order valence-electron chi connectivity index (χ2n) is 6.91. The van der Waals surface area contributed by atoms with Crippen LogP contribution in [0.4, 0.5) is 10.1 Å². The predicted molar refractivity (Wildman–Crippen MR) is 109 cm³/mol. The fourth-order valence-electron chi connectivity index (χ4n) is 3.76. The van der Waals surface area contributed by atoms with Gasteiger partial charge in [0.1, 0.15) is 12.4 Å². The number of carbonyl (C=O) groups is 1. The van der Waals surface area contributed by atoms with E-state index < -0.39 is 5.82 Å². The molecule has 1 saturated heterocycles. The molecule has 1 fully saturated rings. The van der Waals surface area contributed by atoms with Crippen LogP contribution in [-0.4, -0.2) is 63.4 Å². The van der Waals surface area contributed by atoms with E-state index in [1.54, 1.807) is 36.6 Å². The van der Waals surface area contributed by atoms with E-state index >= 15 is 0 Å². The number of rotatable bonds is 8. The molecule has 2 aromatic rings. The summed E-state index contributed by atoms with van der Waals surface area (Å²) >= 11 is 1.77. The summed E-state index contributed by atoms with van der Waals surface area (Å²) in [6.45, 7) is 2.39. The van der Waals surface area contributed by atoms with Crippen LogP contribution in [0.2, 0.25) is 0 Å². The van der Waals surface area contributed by atoms with Gasteiger partial charge >= 0.3 is 0 Å². The molecule has 1 amide bonds. The standard InChI is InChI=1S/C21H27FN2O3S/c1-26-15-21(25)24(18-8-4-3-7-17(18)22)19-10-12-23(14-20(19)27-2)11-9-16-6-5-13-28-16/h3-8,13,19-20H,9-12,14-15H2,1-2H3/t19-,20+/m0/s1. The van der Waals surface area contributed by atoms with Crippen molar-refractivity contribution in [3.05, 3.63) is 52.5 Å². The zero-order valence-electron chi connectivity index (χ0n) is 16.3. The highest BCUT2D eigenvalue weighted by atomic mass is 32.1. The Morgan fingerprint density at radius 3 is 2.79 bits per heavy atom. The third-order valence-electron chi connectivity index (χ3n) is 5.15. The summed E-state index contributed by atoms with van der Waals surface area (Å²) in [6, 6.07) is 10.4. The Morgan fingerprint density at radius 1 is 1.29 bits per heavy atom. The number of ether oxygens (including phenoxy) is 2. The molecular formula is C21H27FN2O3S. The van der Waals surface area contributed by atoms with Gasteiger partial charge in [0.2, 0.25) is 0 Å². The Bertz CT molecular complexity index is 756. The van der Waals surface area contributed by atoms with Gasteiger partial charge in [-0.25, -0.2) is 4.39 Å². The highest BCUT2D eigenvalue weighted by Gasteiger charge is 2.37. The number of benzene rings is 1. The van der Waals surface area contributed by atoms with Gasteiger partial charge in [-0.1, -0.05) is 18.2 Å². The molecule has 0 saturated carbocycles. The number of amides is 1. The van der Waals surface area contributed by atoms with E-state index in [1.165, 1.54) is 23.0 Å². The minimum atomic E-state index is -0.415. The first kappa shape index (κ1) is 20.9. The van der Waals surface area contributed by atoms with Crippen LogP contribution >= 0.6 is 11.3 Å². The largest absolute Gasteiger partial charge is 0.378 e. The van der Waals surface area contributed by atoms with Gasteiger partial charge in [0.15, 0.2) is 0 Å². The highest BCUT2D eigenvalue weighted by Crippen LogP contribution is 2.28. The van der Waals surface area contributed by atoms with Gasteiger partial charge in [0, 0.05) is 38.7 Å². The minimum Gasteiger partial charge on any atom is -0.378 e. The summed E-state index contributed by atoms with van der Waals surface area (Å²) in [6.07, 6.45) is 1.52. The molecule has 0 radical (unpaired) electrons. The molecule has 1 aliphatic rings. The fraction of sp³-hybridized carbons (Fsp3) is 0.476. The van der Waals surface area contributed by atoms with Gasteiger partial charge < -0.3 is 19.3 Å². The summed E-state index contributed by atoms with van der Waals surface area (Å²) in [4.78, 5) is 18.0. The SMILES string of the molecule is COCC(=O)N(c1ccccc1F)[C@H]1CCN(CCc2cccs2)C[C@H]1OC. The number of carbonyl (C=O) groups excluding carboxylic acids is 1. The summed E-state index contributed by atoms with van der Waals surface area (Å²) in [5.74, 6) is -0.673. The van der Waals surface area contributed by atoms with Gasteiger partial charge in [0.25, 0.3) is 5.91 Å². The molecule has 0 spiro atoms. The van der Waals surface area contributed by atoms with Crippen LogP contribution in [0.5, 0.6) is 0 Å². The van der Waals surface area contributed by atoms with Gasteiger partial charge in [-0.3, -0.25) is 4.79 Å². The molecule has 1 aromatic heterocycles. The molecule has 0 aliphatic carbocycles. The van der Waals surface area contributed by atoms with E-state index in [0.717, 1.165) is 19.5 Å². The second kappa shape index (κ2) is 10.1. The molecule has 2 atom stereocenters. The molecule has 3 rings (SSSR count). The molecular weight excluding hydrogens is 379 g/mol. The Morgan fingerprint density at radius 2 is 2.11 bits per heavy atom. The zero-order valence-corrected chi connectivity index (χ0v) is 17.2. The maximum atomic E-state index is 14.5. The molecule has 0 bridgehead atoms. The van der Waals surface area contributed by atoms with Crippen LogP contribution in [0.1, 0.15) is 11.3 Å². The lowest BCUT2D eigenvalue weighted by Crippen LogP contribution is -2.57. The molecule has 5 nitrogen and oxygen atoms in total. The number of hydrogen-bond acceptors (Lipinski definition) is 5. The topological polar surface area (TPSA) is 42.0 Å². The van der Waals surface area contributed by atoms with Crippen molar-refractivity contribution in [2.24, 2.45) is 0 Å². The number of likely N-dealkylation sites (tertiary alicyclic amines) is 1. The van der Waals surface area contributed by atoms with Crippen molar-refractivity contribution in [2.45, 2.75) is 25.0 Å². The number of hydrogen-bond donors (Lipinski definition) is 0. The lowest BCUT2D eigenvalue weighted by Gasteiger charge is -2.43. The number of halogens is 1. The first-order valence-electron chi connectivity index (χ1n) is 9.47. The van der Waals surface area contributed by atoms with Crippen LogP contribution in [-0.2, 0) is 20.7 Å². The summed E-state index contributed by atoms with van der Waals surface area (Å²) in [5, 5.41) is 2.09. The number of piperidine rings is 1. The molecule has 1 aromatic carbocycles. The second-order valence-corrected chi connectivity index (χ2v) is 7.94. The quantitative estimate of drug-likeness (QED) is 0.675. The van der Waals surface area contributed by atoms with Gasteiger partial charge in [0.05, 0.1) is 17.8 Å². The monoisotopic (exact) mass is 406 g/mol. The maximum Gasteiger partial charge on any atom is 0.253 e. The molecule has 0 unspecified atom stereocenters. The van der Waals surface area contributed by atoms with Crippen molar-refractivity contribution in [3.63, 3.8) is 0 Å². The average Bonchev–Trinajstić information content (AvgIpc) is 3.22. The van der Waals surface area contributed by atoms with E-state index in [0.29, 0.717) is 13.0 Å².